The number of rotatable bonds is 5. The number of hydrogen-bond acceptors (Lipinski definition) is 5. The normalized spacial score (nSPS) is 12.3. The topological polar surface area (TPSA) is 135 Å². The van der Waals surface area contributed by atoms with Crippen molar-refractivity contribution in [2.45, 2.75) is 18.9 Å². The molecule has 0 saturated heterocycles. The number of hydrogen-bond donors (Lipinski definition) is 3. The highest BCUT2D eigenvalue weighted by molar-refractivity contribution is 5.66. The first-order chi connectivity index (χ1) is 7.00. The lowest BCUT2D eigenvalue weighted by atomic mass is 10.1. The molecule has 4 N–H and O–H groups in total. The third kappa shape index (κ3) is 3.02. The molecule has 1 rings (SSSR count). The van der Waals surface area contributed by atoms with Gasteiger partial charge in [-0.15, -0.1) is 5.10 Å². The fourth-order valence-electron chi connectivity index (χ4n) is 1.04. The summed E-state index contributed by atoms with van der Waals surface area (Å²) in [4.78, 5) is 19.9. The van der Waals surface area contributed by atoms with Crippen LogP contribution in [0.15, 0.2) is 6.07 Å². The van der Waals surface area contributed by atoms with Crippen molar-refractivity contribution in [2.75, 3.05) is 0 Å². The van der Waals surface area contributed by atoms with E-state index in [0.717, 1.165) is 0 Å². The second kappa shape index (κ2) is 4.51. The van der Waals surface area contributed by atoms with Gasteiger partial charge >= 0.3 is 11.8 Å². The number of carboxylic acid groups (broad SMARTS) is 1. The summed E-state index contributed by atoms with van der Waals surface area (Å²) < 4.78 is 0. The number of H-pyrrole nitrogens is 1. The summed E-state index contributed by atoms with van der Waals surface area (Å²) in [6.07, 6.45) is 0.0964. The molecule has 1 atom stereocenters. The van der Waals surface area contributed by atoms with Crippen LogP contribution < -0.4 is 5.73 Å². The maximum atomic E-state index is 10.3. The molecular weight excluding hydrogens is 204 g/mol. The lowest BCUT2D eigenvalue weighted by Crippen LogP contribution is -2.12. The van der Waals surface area contributed by atoms with Crippen LogP contribution in [0.1, 0.15) is 24.6 Å². The van der Waals surface area contributed by atoms with Crippen molar-refractivity contribution < 1.29 is 14.8 Å². The summed E-state index contributed by atoms with van der Waals surface area (Å²) in [5.74, 6) is -1.22. The number of nitro groups is 1. The Kier molecular flexibility index (Phi) is 3.34. The molecule has 0 radical (unpaired) electrons. The van der Waals surface area contributed by atoms with Gasteiger partial charge in [-0.2, -0.15) is 0 Å². The molecule has 0 fully saturated rings. The van der Waals surface area contributed by atoms with Crippen LogP contribution in [0.25, 0.3) is 0 Å². The van der Waals surface area contributed by atoms with Crippen molar-refractivity contribution in [3.63, 3.8) is 0 Å². The Bertz CT molecular complexity index is 375. The lowest BCUT2D eigenvalue weighted by Gasteiger charge is -2.03. The van der Waals surface area contributed by atoms with E-state index in [1.165, 1.54) is 6.07 Å². The van der Waals surface area contributed by atoms with E-state index in [2.05, 4.69) is 10.2 Å². The zero-order valence-electron chi connectivity index (χ0n) is 7.71. The summed E-state index contributed by atoms with van der Waals surface area (Å²) in [7, 11) is 0. The molecule has 8 heteroatoms. The number of aromatic amines is 1. The van der Waals surface area contributed by atoms with Crippen molar-refractivity contribution in [3.05, 3.63) is 21.9 Å². The molecule has 15 heavy (non-hydrogen) atoms. The fourth-order valence-corrected chi connectivity index (χ4v) is 1.04. The van der Waals surface area contributed by atoms with Crippen molar-refractivity contribution in [1.82, 2.24) is 10.2 Å². The standard InChI is InChI=1S/C7H10N4O4/c8-4(1-2-7(12)13)5-3-6(10-9-5)11(14)15/h3-4H,1-2,8H2,(H,9,10)(H,12,13). The quantitative estimate of drug-likeness (QED) is 0.472. The van der Waals surface area contributed by atoms with E-state index < -0.39 is 16.9 Å². The number of aromatic nitrogens is 2. The van der Waals surface area contributed by atoms with E-state index in [0.29, 0.717) is 5.69 Å². The van der Waals surface area contributed by atoms with E-state index in [1.54, 1.807) is 0 Å². The van der Waals surface area contributed by atoms with Gasteiger partial charge in [-0.3, -0.25) is 4.79 Å². The molecule has 1 unspecified atom stereocenters. The zero-order chi connectivity index (χ0) is 11.4. The smallest absolute Gasteiger partial charge is 0.342 e. The summed E-state index contributed by atoms with van der Waals surface area (Å²) >= 11 is 0. The van der Waals surface area contributed by atoms with Gasteiger partial charge < -0.3 is 21.0 Å². The Labute approximate surface area is 84.2 Å². The number of aliphatic carboxylic acids is 1. The van der Waals surface area contributed by atoms with Gasteiger partial charge in [0.2, 0.25) is 0 Å². The van der Waals surface area contributed by atoms with E-state index in [-0.39, 0.29) is 18.7 Å². The molecule has 1 aromatic rings. The highest BCUT2D eigenvalue weighted by atomic mass is 16.6. The van der Waals surface area contributed by atoms with Gasteiger partial charge in [0.25, 0.3) is 0 Å². The second-order valence-corrected chi connectivity index (χ2v) is 2.97. The molecule has 0 amide bonds. The molecule has 0 bridgehead atoms. The SMILES string of the molecule is NC(CCC(=O)O)c1cc([N+](=O)[O-])[nH]n1. The van der Waals surface area contributed by atoms with Gasteiger partial charge in [0.1, 0.15) is 5.69 Å². The van der Waals surface area contributed by atoms with E-state index >= 15 is 0 Å². The number of nitrogens with two attached hydrogens (primary N) is 1. The lowest BCUT2D eigenvalue weighted by molar-refractivity contribution is -0.389. The third-order valence-electron chi connectivity index (χ3n) is 1.83. The Morgan fingerprint density at radius 3 is 2.93 bits per heavy atom. The van der Waals surface area contributed by atoms with Crippen LogP contribution >= 0.6 is 0 Å². The predicted molar refractivity (Wildman–Crippen MR) is 49.0 cm³/mol. The van der Waals surface area contributed by atoms with Crippen LogP contribution in [0.3, 0.4) is 0 Å². The van der Waals surface area contributed by atoms with Crippen LogP contribution in [-0.2, 0) is 4.79 Å². The first kappa shape index (κ1) is 11.1. The maximum absolute atomic E-state index is 10.3. The van der Waals surface area contributed by atoms with Gasteiger partial charge in [-0.05, 0) is 11.3 Å². The molecule has 0 aliphatic rings. The van der Waals surface area contributed by atoms with Gasteiger partial charge in [0, 0.05) is 6.42 Å². The van der Waals surface area contributed by atoms with Crippen LogP contribution in [-0.4, -0.2) is 26.2 Å². The largest absolute Gasteiger partial charge is 0.481 e. The zero-order valence-corrected chi connectivity index (χ0v) is 7.71. The van der Waals surface area contributed by atoms with E-state index in [9.17, 15) is 14.9 Å². The fraction of sp³-hybridized carbons (Fsp3) is 0.429. The second-order valence-electron chi connectivity index (χ2n) is 2.97. The van der Waals surface area contributed by atoms with E-state index in [4.69, 9.17) is 10.8 Å². The Morgan fingerprint density at radius 2 is 2.47 bits per heavy atom. The van der Waals surface area contributed by atoms with Crippen molar-refractivity contribution >= 4 is 11.8 Å². The predicted octanol–water partition coefficient (Wildman–Crippen LogP) is 0.182. The molecule has 0 aromatic carbocycles. The van der Waals surface area contributed by atoms with Crippen LogP contribution in [0.4, 0.5) is 5.82 Å². The van der Waals surface area contributed by atoms with Gasteiger partial charge in [-0.1, -0.05) is 5.10 Å². The van der Waals surface area contributed by atoms with Crippen molar-refractivity contribution in [3.8, 4) is 0 Å². The summed E-state index contributed by atoms with van der Waals surface area (Å²) in [5.41, 5.74) is 5.88. The number of nitrogens with zero attached hydrogens (tertiary/aromatic N) is 2. The molecule has 0 aliphatic heterocycles. The highest BCUT2D eigenvalue weighted by Crippen LogP contribution is 2.17. The van der Waals surface area contributed by atoms with Crippen LogP contribution in [0.2, 0.25) is 0 Å². The molecule has 8 nitrogen and oxygen atoms in total. The number of carboxylic acids is 1. The average molecular weight is 214 g/mol. The molecule has 1 aromatic heterocycles. The minimum absolute atomic E-state index is 0.0954. The summed E-state index contributed by atoms with van der Waals surface area (Å²) in [6, 6.07) is 0.595. The third-order valence-corrected chi connectivity index (χ3v) is 1.83. The Morgan fingerprint density at radius 1 is 1.80 bits per heavy atom. The number of nitrogens with one attached hydrogen (secondary N) is 1. The molecule has 0 spiro atoms. The Balaban J connectivity index is 2.61. The van der Waals surface area contributed by atoms with E-state index in [1.807, 2.05) is 0 Å². The number of carbonyl (C=O) groups is 1. The van der Waals surface area contributed by atoms with Crippen LogP contribution in [0.5, 0.6) is 0 Å². The minimum atomic E-state index is -0.963. The first-order valence-corrected chi connectivity index (χ1v) is 4.17. The molecule has 82 valence electrons. The maximum Gasteiger partial charge on any atom is 0.342 e. The first-order valence-electron chi connectivity index (χ1n) is 4.17. The van der Waals surface area contributed by atoms with Crippen LogP contribution in [0, 0.1) is 10.1 Å². The average Bonchev–Trinajstić information content (AvgIpc) is 2.62. The van der Waals surface area contributed by atoms with Gasteiger partial charge in [-0.25, -0.2) is 0 Å². The molecule has 0 aliphatic carbocycles. The Hall–Kier alpha value is -1.96. The van der Waals surface area contributed by atoms with Crippen molar-refractivity contribution in [2.24, 2.45) is 5.73 Å². The molecular formula is C7H10N4O4. The summed E-state index contributed by atoms with van der Waals surface area (Å²) in [5, 5.41) is 24.5. The molecule has 0 saturated carbocycles. The van der Waals surface area contributed by atoms with Gasteiger partial charge in [0.15, 0.2) is 0 Å². The van der Waals surface area contributed by atoms with Gasteiger partial charge in [0.05, 0.1) is 12.1 Å². The monoisotopic (exact) mass is 214 g/mol. The summed E-state index contributed by atoms with van der Waals surface area (Å²) in [6.45, 7) is 0. The molecule has 1 heterocycles. The highest BCUT2D eigenvalue weighted by Gasteiger charge is 2.16. The van der Waals surface area contributed by atoms with Crippen molar-refractivity contribution in [1.29, 1.82) is 0 Å². The minimum Gasteiger partial charge on any atom is -0.481 e.